The van der Waals surface area contributed by atoms with Gasteiger partial charge in [-0.3, -0.25) is 10.1 Å². The SMILES string of the molecule is CCCCOc1cccc(C(=O)NC(=S)Nc2ccc(N)cc2)c1. The molecular formula is C18H21N3O2S. The highest BCUT2D eigenvalue weighted by Crippen LogP contribution is 2.14. The number of carbonyl (C=O) groups is 1. The van der Waals surface area contributed by atoms with Crippen LogP contribution in [0.4, 0.5) is 11.4 Å². The average molecular weight is 343 g/mol. The molecule has 4 N–H and O–H groups in total. The van der Waals surface area contributed by atoms with E-state index in [2.05, 4.69) is 17.6 Å². The van der Waals surface area contributed by atoms with Crippen LogP contribution in [0.5, 0.6) is 5.75 Å². The molecule has 0 bridgehead atoms. The summed E-state index contributed by atoms with van der Waals surface area (Å²) in [6, 6.07) is 14.1. The van der Waals surface area contributed by atoms with Gasteiger partial charge >= 0.3 is 0 Å². The number of benzene rings is 2. The van der Waals surface area contributed by atoms with E-state index in [4.69, 9.17) is 22.7 Å². The molecule has 0 unspecified atom stereocenters. The van der Waals surface area contributed by atoms with Crippen molar-refractivity contribution in [3.63, 3.8) is 0 Å². The Morgan fingerprint density at radius 1 is 1.21 bits per heavy atom. The van der Waals surface area contributed by atoms with E-state index in [0.717, 1.165) is 18.5 Å². The molecule has 0 heterocycles. The molecule has 0 aromatic heterocycles. The predicted molar refractivity (Wildman–Crippen MR) is 101 cm³/mol. The van der Waals surface area contributed by atoms with E-state index >= 15 is 0 Å². The van der Waals surface area contributed by atoms with E-state index in [0.29, 0.717) is 23.6 Å². The number of anilines is 2. The number of unbranched alkanes of at least 4 members (excludes halogenated alkanes) is 1. The number of rotatable bonds is 6. The predicted octanol–water partition coefficient (Wildman–Crippen LogP) is 3.57. The second kappa shape index (κ2) is 8.88. The quantitative estimate of drug-likeness (QED) is 0.425. The van der Waals surface area contributed by atoms with E-state index in [1.807, 2.05) is 6.07 Å². The maximum absolute atomic E-state index is 12.3. The van der Waals surface area contributed by atoms with E-state index in [1.54, 1.807) is 42.5 Å². The zero-order valence-corrected chi connectivity index (χ0v) is 14.4. The van der Waals surface area contributed by atoms with Crippen molar-refractivity contribution in [3.05, 3.63) is 54.1 Å². The molecule has 0 saturated heterocycles. The minimum Gasteiger partial charge on any atom is -0.494 e. The maximum atomic E-state index is 12.3. The van der Waals surface area contributed by atoms with Crippen LogP contribution in [0.15, 0.2) is 48.5 Å². The molecule has 0 fully saturated rings. The van der Waals surface area contributed by atoms with Gasteiger partial charge in [0.25, 0.3) is 5.91 Å². The topological polar surface area (TPSA) is 76.4 Å². The molecule has 0 aliphatic carbocycles. The number of hydrogen-bond acceptors (Lipinski definition) is 4. The molecule has 1 amide bonds. The summed E-state index contributed by atoms with van der Waals surface area (Å²) in [6.07, 6.45) is 2.04. The lowest BCUT2D eigenvalue weighted by molar-refractivity contribution is 0.0977. The van der Waals surface area contributed by atoms with Gasteiger partial charge < -0.3 is 15.8 Å². The van der Waals surface area contributed by atoms with E-state index in [-0.39, 0.29) is 11.0 Å². The van der Waals surface area contributed by atoms with Gasteiger partial charge in [0, 0.05) is 16.9 Å². The van der Waals surface area contributed by atoms with Crippen LogP contribution >= 0.6 is 12.2 Å². The molecule has 0 aliphatic heterocycles. The molecule has 2 aromatic rings. The summed E-state index contributed by atoms with van der Waals surface area (Å²) in [4.78, 5) is 12.3. The highest BCUT2D eigenvalue weighted by molar-refractivity contribution is 7.80. The van der Waals surface area contributed by atoms with Gasteiger partial charge in [-0.1, -0.05) is 19.4 Å². The summed E-state index contributed by atoms with van der Waals surface area (Å²) in [7, 11) is 0. The van der Waals surface area contributed by atoms with Gasteiger partial charge in [0.1, 0.15) is 5.75 Å². The Labute approximate surface area is 147 Å². The lowest BCUT2D eigenvalue weighted by atomic mass is 10.2. The van der Waals surface area contributed by atoms with E-state index in [9.17, 15) is 4.79 Å². The molecule has 0 atom stereocenters. The lowest BCUT2D eigenvalue weighted by Gasteiger charge is -2.11. The Balaban J connectivity index is 1.92. The fourth-order valence-electron chi connectivity index (χ4n) is 1.97. The fourth-order valence-corrected chi connectivity index (χ4v) is 2.18. The van der Waals surface area contributed by atoms with Crippen LogP contribution < -0.4 is 21.1 Å². The number of nitrogen functional groups attached to an aromatic ring is 1. The molecule has 0 saturated carbocycles. The fraction of sp³-hybridized carbons (Fsp3) is 0.222. The molecule has 2 aromatic carbocycles. The largest absolute Gasteiger partial charge is 0.494 e. The number of carbonyl (C=O) groups excluding carboxylic acids is 1. The standard InChI is InChI=1S/C18H21N3O2S/c1-2-3-11-23-16-6-4-5-13(12-16)17(22)21-18(24)20-15-9-7-14(19)8-10-15/h4-10,12H,2-3,11,19H2,1H3,(H2,20,21,22,24). The summed E-state index contributed by atoms with van der Waals surface area (Å²) < 4.78 is 5.61. The van der Waals surface area contributed by atoms with Crippen LogP contribution in [0, 0.1) is 0 Å². The maximum Gasteiger partial charge on any atom is 0.257 e. The Hall–Kier alpha value is -2.60. The third-order valence-corrected chi connectivity index (χ3v) is 3.46. The van der Waals surface area contributed by atoms with Crippen molar-refractivity contribution in [1.29, 1.82) is 0 Å². The number of hydrogen-bond donors (Lipinski definition) is 3. The zero-order valence-electron chi connectivity index (χ0n) is 13.5. The van der Waals surface area contributed by atoms with E-state index < -0.39 is 0 Å². The second-order valence-corrected chi connectivity index (χ2v) is 5.67. The molecule has 5 nitrogen and oxygen atoms in total. The normalized spacial score (nSPS) is 10.0. The van der Waals surface area contributed by atoms with Gasteiger partial charge in [0.2, 0.25) is 0 Å². The summed E-state index contributed by atoms with van der Waals surface area (Å²) in [5.41, 5.74) is 7.54. The van der Waals surface area contributed by atoms with Crippen LogP contribution in [-0.2, 0) is 0 Å². The summed E-state index contributed by atoms with van der Waals surface area (Å²) in [5, 5.41) is 5.81. The van der Waals surface area contributed by atoms with Crippen molar-refractivity contribution < 1.29 is 9.53 Å². The first kappa shape index (κ1) is 17.7. The van der Waals surface area contributed by atoms with Crippen molar-refractivity contribution >= 4 is 34.6 Å². The smallest absolute Gasteiger partial charge is 0.257 e. The highest BCUT2D eigenvalue weighted by atomic mass is 32.1. The van der Waals surface area contributed by atoms with Gasteiger partial charge in [-0.2, -0.15) is 0 Å². The zero-order chi connectivity index (χ0) is 17.4. The third kappa shape index (κ3) is 5.55. The lowest BCUT2D eigenvalue weighted by Crippen LogP contribution is -2.34. The number of ether oxygens (including phenoxy) is 1. The molecule has 24 heavy (non-hydrogen) atoms. The minimum absolute atomic E-state index is 0.224. The Morgan fingerprint density at radius 2 is 1.96 bits per heavy atom. The van der Waals surface area contributed by atoms with Crippen molar-refractivity contribution in [3.8, 4) is 5.75 Å². The van der Waals surface area contributed by atoms with Crippen molar-refractivity contribution in [1.82, 2.24) is 5.32 Å². The molecule has 0 radical (unpaired) electrons. The molecule has 2 rings (SSSR count). The molecular weight excluding hydrogens is 322 g/mol. The van der Waals surface area contributed by atoms with Gasteiger partial charge in [-0.05, 0) is 61.1 Å². The van der Waals surface area contributed by atoms with Crippen molar-refractivity contribution in [2.24, 2.45) is 0 Å². The molecule has 6 heteroatoms. The van der Waals surface area contributed by atoms with Crippen LogP contribution in [-0.4, -0.2) is 17.6 Å². The number of nitrogens with one attached hydrogen (secondary N) is 2. The number of nitrogens with two attached hydrogens (primary N) is 1. The van der Waals surface area contributed by atoms with Gasteiger partial charge in [0.05, 0.1) is 6.61 Å². The first-order chi connectivity index (χ1) is 11.6. The Bertz CT molecular complexity index is 702. The number of amides is 1. The average Bonchev–Trinajstić information content (AvgIpc) is 2.57. The Morgan fingerprint density at radius 3 is 2.67 bits per heavy atom. The van der Waals surface area contributed by atoms with Gasteiger partial charge in [0.15, 0.2) is 5.11 Å². The molecule has 0 aliphatic rings. The summed E-state index contributed by atoms with van der Waals surface area (Å²) in [6.45, 7) is 2.74. The van der Waals surface area contributed by atoms with Crippen LogP contribution in [0.25, 0.3) is 0 Å². The first-order valence-electron chi connectivity index (χ1n) is 7.79. The van der Waals surface area contributed by atoms with Crippen molar-refractivity contribution in [2.75, 3.05) is 17.7 Å². The summed E-state index contributed by atoms with van der Waals surface area (Å²) in [5.74, 6) is 0.386. The highest BCUT2D eigenvalue weighted by Gasteiger charge is 2.09. The monoisotopic (exact) mass is 343 g/mol. The second-order valence-electron chi connectivity index (χ2n) is 5.26. The molecule has 126 valence electrons. The van der Waals surface area contributed by atoms with Crippen LogP contribution in [0.1, 0.15) is 30.1 Å². The minimum atomic E-state index is -0.288. The summed E-state index contributed by atoms with van der Waals surface area (Å²) >= 11 is 5.16. The first-order valence-corrected chi connectivity index (χ1v) is 8.20. The Kier molecular flexibility index (Phi) is 6.57. The van der Waals surface area contributed by atoms with Crippen LogP contribution in [0.3, 0.4) is 0 Å². The molecule has 0 spiro atoms. The van der Waals surface area contributed by atoms with Gasteiger partial charge in [-0.25, -0.2) is 0 Å². The van der Waals surface area contributed by atoms with Crippen LogP contribution in [0.2, 0.25) is 0 Å². The van der Waals surface area contributed by atoms with E-state index in [1.165, 1.54) is 0 Å². The van der Waals surface area contributed by atoms with Crippen molar-refractivity contribution in [2.45, 2.75) is 19.8 Å². The number of thiocarbonyl (C=S) groups is 1. The third-order valence-electron chi connectivity index (χ3n) is 3.26. The van der Waals surface area contributed by atoms with Gasteiger partial charge in [-0.15, -0.1) is 0 Å².